The highest BCUT2D eigenvalue weighted by atomic mass is 32.2. The van der Waals surface area contributed by atoms with Crippen molar-refractivity contribution < 1.29 is 21.6 Å². The Morgan fingerprint density at radius 2 is 1.52 bits per heavy atom. The Kier molecular flexibility index (Phi) is 6.29. The minimum Gasteiger partial charge on any atom is -0.308 e. The van der Waals surface area contributed by atoms with Crippen LogP contribution in [0.25, 0.3) is 22.4 Å². The third-order valence-electron chi connectivity index (χ3n) is 4.88. The number of hydrogen-bond donors (Lipinski definition) is 0. The van der Waals surface area contributed by atoms with Gasteiger partial charge >= 0.3 is 6.18 Å². The van der Waals surface area contributed by atoms with Gasteiger partial charge in [0.15, 0.2) is 15.5 Å². The molecule has 0 atom stereocenters. The molecular formula is C22H24F3N3O2S. The fraction of sp³-hybridized carbons (Fsp3) is 0.318. The topological polar surface area (TPSA) is 55.2 Å². The molecule has 1 aromatic heterocycles. The molecule has 0 fully saturated rings. The van der Waals surface area contributed by atoms with Gasteiger partial charge in [-0.05, 0) is 38.7 Å². The number of alkyl halides is 3. The van der Waals surface area contributed by atoms with Crippen LogP contribution in [0.3, 0.4) is 0 Å². The van der Waals surface area contributed by atoms with Gasteiger partial charge in [0.25, 0.3) is 0 Å². The standard InChI is InChI=1S/C22H24F3N3O2S/c1-15-5-7-16(8-6-15)19-20(17-9-11-18(12-10-17)31(4,29)30)26-28(14-13-27(2)3)21(19)22(23,24)25/h5-12H,13-14H2,1-4H3. The van der Waals surface area contributed by atoms with E-state index in [1.54, 1.807) is 43.3 Å². The first kappa shape index (κ1) is 23.0. The van der Waals surface area contributed by atoms with Crippen molar-refractivity contribution in [1.29, 1.82) is 0 Å². The fourth-order valence-electron chi connectivity index (χ4n) is 3.26. The van der Waals surface area contributed by atoms with Gasteiger partial charge in [0.1, 0.15) is 5.69 Å². The van der Waals surface area contributed by atoms with E-state index in [1.165, 1.54) is 24.3 Å². The number of aryl methyl sites for hydroxylation is 1. The summed E-state index contributed by atoms with van der Waals surface area (Å²) >= 11 is 0. The van der Waals surface area contributed by atoms with Gasteiger partial charge in [-0.2, -0.15) is 18.3 Å². The molecule has 0 saturated heterocycles. The van der Waals surface area contributed by atoms with E-state index in [4.69, 9.17) is 0 Å². The molecule has 5 nitrogen and oxygen atoms in total. The van der Waals surface area contributed by atoms with Crippen LogP contribution >= 0.6 is 0 Å². The maximum absolute atomic E-state index is 14.2. The molecule has 0 saturated carbocycles. The predicted molar refractivity (Wildman–Crippen MR) is 115 cm³/mol. The van der Waals surface area contributed by atoms with E-state index in [0.29, 0.717) is 17.7 Å². The van der Waals surface area contributed by atoms with E-state index < -0.39 is 21.7 Å². The van der Waals surface area contributed by atoms with Gasteiger partial charge in [0, 0.05) is 23.9 Å². The zero-order valence-corrected chi connectivity index (χ0v) is 18.5. The number of hydrogen-bond acceptors (Lipinski definition) is 4. The number of sulfone groups is 1. The van der Waals surface area contributed by atoms with Crippen molar-refractivity contribution in [2.45, 2.75) is 24.5 Å². The quantitative estimate of drug-likeness (QED) is 0.553. The van der Waals surface area contributed by atoms with Crippen molar-refractivity contribution in [3.05, 3.63) is 59.8 Å². The van der Waals surface area contributed by atoms with Crippen LogP contribution in [0.5, 0.6) is 0 Å². The first-order valence-corrected chi connectivity index (χ1v) is 11.5. The molecule has 31 heavy (non-hydrogen) atoms. The number of halogens is 3. The molecule has 0 amide bonds. The monoisotopic (exact) mass is 451 g/mol. The lowest BCUT2D eigenvalue weighted by Crippen LogP contribution is -2.23. The molecule has 3 rings (SSSR count). The van der Waals surface area contributed by atoms with Crippen molar-refractivity contribution in [2.75, 3.05) is 26.9 Å². The van der Waals surface area contributed by atoms with Gasteiger partial charge in [-0.25, -0.2) is 8.42 Å². The Hall–Kier alpha value is -2.65. The summed E-state index contributed by atoms with van der Waals surface area (Å²) in [5.74, 6) is 0. The Morgan fingerprint density at radius 3 is 2.00 bits per heavy atom. The Morgan fingerprint density at radius 1 is 0.968 bits per heavy atom. The van der Waals surface area contributed by atoms with Gasteiger partial charge < -0.3 is 4.90 Å². The average Bonchev–Trinajstić information content (AvgIpc) is 3.06. The van der Waals surface area contributed by atoms with Gasteiger partial charge in [-0.3, -0.25) is 4.68 Å². The van der Waals surface area contributed by atoms with E-state index in [1.807, 2.05) is 6.92 Å². The lowest BCUT2D eigenvalue weighted by Gasteiger charge is -2.15. The Bertz CT molecular complexity index is 1160. The largest absolute Gasteiger partial charge is 0.433 e. The molecule has 1 heterocycles. The van der Waals surface area contributed by atoms with Crippen LogP contribution in [-0.2, 0) is 22.6 Å². The number of rotatable bonds is 6. The van der Waals surface area contributed by atoms with Gasteiger partial charge in [0.05, 0.1) is 11.4 Å². The molecule has 0 aliphatic carbocycles. The van der Waals surface area contributed by atoms with Crippen molar-refractivity contribution in [1.82, 2.24) is 14.7 Å². The highest BCUT2D eigenvalue weighted by molar-refractivity contribution is 7.90. The smallest absolute Gasteiger partial charge is 0.308 e. The van der Waals surface area contributed by atoms with Crippen molar-refractivity contribution in [3.8, 4) is 22.4 Å². The second kappa shape index (κ2) is 8.47. The SMILES string of the molecule is Cc1ccc(-c2c(-c3ccc(S(C)(=O)=O)cc3)nn(CCN(C)C)c2C(F)(F)F)cc1. The molecular weight excluding hydrogens is 427 g/mol. The second-order valence-corrected chi connectivity index (χ2v) is 9.77. The van der Waals surface area contributed by atoms with Crippen LogP contribution in [0.2, 0.25) is 0 Å². The Balaban J connectivity index is 2.27. The first-order valence-electron chi connectivity index (χ1n) is 9.58. The van der Waals surface area contributed by atoms with E-state index in [-0.39, 0.29) is 22.7 Å². The van der Waals surface area contributed by atoms with Gasteiger partial charge in [-0.15, -0.1) is 0 Å². The van der Waals surface area contributed by atoms with Crippen molar-refractivity contribution in [3.63, 3.8) is 0 Å². The van der Waals surface area contributed by atoms with E-state index >= 15 is 0 Å². The van der Waals surface area contributed by atoms with Crippen LogP contribution in [0.1, 0.15) is 11.3 Å². The molecule has 0 aliphatic heterocycles. The van der Waals surface area contributed by atoms with E-state index in [2.05, 4.69) is 5.10 Å². The number of likely N-dealkylation sites (N-methyl/N-ethyl adjacent to an activating group) is 1. The molecule has 0 spiro atoms. The van der Waals surface area contributed by atoms with Crippen molar-refractivity contribution >= 4 is 9.84 Å². The molecule has 3 aromatic rings. The summed E-state index contributed by atoms with van der Waals surface area (Å²) in [6.07, 6.45) is -3.54. The molecule has 9 heteroatoms. The minimum atomic E-state index is -4.62. The summed E-state index contributed by atoms with van der Waals surface area (Å²) in [6, 6.07) is 12.6. The van der Waals surface area contributed by atoms with E-state index in [0.717, 1.165) is 16.5 Å². The van der Waals surface area contributed by atoms with Gasteiger partial charge in [0.2, 0.25) is 0 Å². The van der Waals surface area contributed by atoms with Crippen LogP contribution in [-0.4, -0.2) is 50.0 Å². The van der Waals surface area contributed by atoms with Crippen LogP contribution in [0.4, 0.5) is 13.2 Å². The van der Waals surface area contributed by atoms with Gasteiger partial charge in [-0.1, -0.05) is 42.0 Å². The Labute approximate surface area is 180 Å². The summed E-state index contributed by atoms with van der Waals surface area (Å²) in [6.45, 7) is 2.30. The summed E-state index contributed by atoms with van der Waals surface area (Å²) in [4.78, 5) is 1.88. The number of benzene rings is 2. The lowest BCUT2D eigenvalue weighted by atomic mass is 9.98. The summed E-state index contributed by atoms with van der Waals surface area (Å²) in [7, 11) is 0.136. The predicted octanol–water partition coefficient (Wildman–Crippen LogP) is 4.51. The molecule has 0 radical (unpaired) electrons. The van der Waals surface area contributed by atoms with Crippen LogP contribution < -0.4 is 0 Å². The molecule has 0 N–H and O–H groups in total. The number of nitrogens with zero attached hydrogens (tertiary/aromatic N) is 3. The maximum Gasteiger partial charge on any atom is 0.433 e. The molecule has 0 bridgehead atoms. The zero-order valence-electron chi connectivity index (χ0n) is 17.7. The molecule has 0 aliphatic rings. The molecule has 0 unspecified atom stereocenters. The fourth-order valence-corrected chi connectivity index (χ4v) is 3.89. The zero-order chi connectivity index (χ0) is 23.0. The lowest BCUT2D eigenvalue weighted by molar-refractivity contribution is -0.143. The molecule has 2 aromatic carbocycles. The number of aromatic nitrogens is 2. The maximum atomic E-state index is 14.2. The average molecular weight is 452 g/mol. The minimum absolute atomic E-state index is 0.0154. The van der Waals surface area contributed by atoms with E-state index in [9.17, 15) is 21.6 Å². The summed E-state index contributed by atoms with van der Waals surface area (Å²) < 4.78 is 67.1. The third kappa shape index (κ3) is 5.16. The van der Waals surface area contributed by atoms with Crippen molar-refractivity contribution in [2.24, 2.45) is 0 Å². The van der Waals surface area contributed by atoms with Crippen LogP contribution in [0.15, 0.2) is 53.4 Å². The molecule has 166 valence electrons. The summed E-state index contributed by atoms with van der Waals surface area (Å²) in [5, 5.41) is 4.33. The first-order chi connectivity index (χ1) is 14.4. The van der Waals surface area contributed by atoms with Crippen LogP contribution in [0, 0.1) is 6.92 Å². The highest BCUT2D eigenvalue weighted by Crippen LogP contribution is 2.42. The normalized spacial score (nSPS) is 12.5. The third-order valence-corrected chi connectivity index (χ3v) is 6.00. The second-order valence-electron chi connectivity index (χ2n) is 7.76. The highest BCUT2D eigenvalue weighted by Gasteiger charge is 2.40. The summed E-state index contributed by atoms with van der Waals surface area (Å²) in [5.41, 5.74) is 1.07.